The van der Waals surface area contributed by atoms with Crippen molar-refractivity contribution in [3.63, 3.8) is 0 Å². The van der Waals surface area contributed by atoms with Crippen LogP contribution in [0.25, 0.3) is 0 Å². The van der Waals surface area contributed by atoms with E-state index in [0.717, 1.165) is 32.5 Å². The summed E-state index contributed by atoms with van der Waals surface area (Å²) in [7, 11) is 0. The Labute approximate surface area is 134 Å². The fourth-order valence-corrected chi connectivity index (χ4v) is 2.97. The number of imidazole rings is 1. The molecule has 0 N–H and O–H groups in total. The molecule has 23 heavy (non-hydrogen) atoms. The molecule has 2 aromatic rings. The van der Waals surface area contributed by atoms with Crippen molar-refractivity contribution in [2.75, 3.05) is 19.7 Å². The first-order valence-corrected chi connectivity index (χ1v) is 7.90. The zero-order valence-electron chi connectivity index (χ0n) is 12.9. The van der Waals surface area contributed by atoms with E-state index in [0.29, 0.717) is 11.8 Å². The van der Waals surface area contributed by atoms with E-state index in [4.69, 9.17) is 4.74 Å². The first kappa shape index (κ1) is 15.9. The molecule has 3 rings (SSSR count). The lowest BCUT2D eigenvalue weighted by molar-refractivity contribution is 0.0819. The molecule has 1 aromatic carbocycles. The van der Waals surface area contributed by atoms with Crippen molar-refractivity contribution in [1.29, 1.82) is 0 Å². The highest BCUT2D eigenvalue weighted by Crippen LogP contribution is 2.23. The van der Waals surface area contributed by atoms with Crippen LogP contribution in [0.1, 0.15) is 24.4 Å². The summed E-state index contributed by atoms with van der Waals surface area (Å²) in [5.74, 6) is 0.493. The molecule has 4 nitrogen and oxygen atoms in total. The summed E-state index contributed by atoms with van der Waals surface area (Å²) in [6, 6.07) is 7.95. The molecule has 0 unspecified atom stereocenters. The molecule has 0 bridgehead atoms. The Morgan fingerprint density at radius 2 is 1.91 bits per heavy atom. The molecule has 0 radical (unpaired) electrons. The van der Waals surface area contributed by atoms with E-state index in [1.54, 1.807) is 12.1 Å². The average molecular weight is 321 g/mol. The molecule has 0 amide bonds. The second-order valence-corrected chi connectivity index (χ2v) is 5.86. The number of alkyl halides is 2. The van der Waals surface area contributed by atoms with E-state index in [1.165, 1.54) is 5.56 Å². The van der Waals surface area contributed by atoms with Gasteiger partial charge < -0.3 is 9.30 Å². The maximum atomic E-state index is 12.1. The van der Waals surface area contributed by atoms with Crippen LogP contribution in [0, 0.1) is 0 Å². The summed E-state index contributed by atoms with van der Waals surface area (Å²) in [5.41, 5.74) is 1.18. The van der Waals surface area contributed by atoms with Gasteiger partial charge in [0.1, 0.15) is 12.4 Å². The largest absolute Gasteiger partial charge is 0.488 e. The number of piperidine rings is 1. The van der Waals surface area contributed by atoms with Crippen LogP contribution in [-0.4, -0.2) is 40.6 Å². The van der Waals surface area contributed by atoms with Gasteiger partial charge in [0.05, 0.1) is 6.33 Å². The van der Waals surface area contributed by atoms with Crippen LogP contribution >= 0.6 is 0 Å². The summed E-state index contributed by atoms with van der Waals surface area (Å²) < 4.78 is 31.4. The van der Waals surface area contributed by atoms with Crippen molar-refractivity contribution in [2.45, 2.75) is 31.9 Å². The standard InChI is InChI=1S/C17H21F2N3O/c18-17(19)12-23-16-3-1-14(2-4-16)11-21-8-5-15(6-9-21)22-10-7-20-13-22/h1-4,7,10,13,15,17H,5-6,8-9,11-12H2. The van der Waals surface area contributed by atoms with Crippen LogP contribution in [0.5, 0.6) is 5.75 Å². The fourth-order valence-electron chi connectivity index (χ4n) is 2.97. The maximum absolute atomic E-state index is 12.1. The lowest BCUT2D eigenvalue weighted by Gasteiger charge is -2.32. The third-order valence-electron chi connectivity index (χ3n) is 4.21. The normalized spacial score (nSPS) is 16.8. The van der Waals surface area contributed by atoms with Gasteiger partial charge in [-0.15, -0.1) is 0 Å². The van der Waals surface area contributed by atoms with E-state index in [9.17, 15) is 8.78 Å². The lowest BCUT2D eigenvalue weighted by atomic mass is 10.0. The molecule has 1 aliphatic heterocycles. The molecule has 1 saturated heterocycles. The highest BCUT2D eigenvalue weighted by Gasteiger charge is 2.20. The molecule has 1 aliphatic rings. The lowest BCUT2D eigenvalue weighted by Crippen LogP contribution is -2.33. The maximum Gasteiger partial charge on any atom is 0.272 e. The third kappa shape index (κ3) is 4.51. The predicted octanol–water partition coefficient (Wildman–Crippen LogP) is 3.36. The highest BCUT2D eigenvalue weighted by atomic mass is 19.3. The van der Waals surface area contributed by atoms with Crippen molar-refractivity contribution in [2.24, 2.45) is 0 Å². The minimum absolute atomic E-state index is 0.493. The van der Waals surface area contributed by atoms with Crippen LogP contribution in [-0.2, 0) is 6.54 Å². The monoisotopic (exact) mass is 321 g/mol. The van der Waals surface area contributed by atoms with Crippen molar-refractivity contribution in [3.8, 4) is 5.75 Å². The summed E-state index contributed by atoms with van der Waals surface area (Å²) >= 11 is 0. The molecule has 0 saturated carbocycles. The number of aromatic nitrogens is 2. The van der Waals surface area contributed by atoms with Crippen LogP contribution in [0.2, 0.25) is 0 Å². The Morgan fingerprint density at radius 1 is 1.17 bits per heavy atom. The van der Waals surface area contributed by atoms with E-state index in [1.807, 2.05) is 30.9 Å². The van der Waals surface area contributed by atoms with Crippen molar-refractivity contribution >= 4 is 0 Å². The molecule has 0 atom stereocenters. The molecule has 2 heterocycles. The number of hydrogen-bond donors (Lipinski definition) is 0. The number of benzene rings is 1. The van der Waals surface area contributed by atoms with Gasteiger partial charge >= 0.3 is 0 Å². The number of ether oxygens (including phenoxy) is 1. The van der Waals surface area contributed by atoms with E-state index in [-0.39, 0.29) is 0 Å². The number of halogens is 2. The first-order valence-electron chi connectivity index (χ1n) is 7.90. The van der Waals surface area contributed by atoms with Gasteiger partial charge in [-0.3, -0.25) is 4.90 Å². The van der Waals surface area contributed by atoms with Crippen molar-refractivity contribution in [3.05, 3.63) is 48.5 Å². The number of rotatable bonds is 6. The van der Waals surface area contributed by atoms with Crippen LogP contribution in [0.15, 0.2) is 43.0 Å². The van der Waals surface area contributed by atoms with Gasteiger partial charge in [0, 0.05) is 38.1 Å². The van der Waals surface area contributed by atoms with E-state index >= 15 is 0 Å². The topological polar surface area (TPSA) is 30.3 Å². The molecular weight excluding hydrogens is 300 g/mol. The van der Waals surface area contributed by atoms with Crippen molar-refractivity contribution in [1.82, 2.24) is 14.5 Å². The summed E-state index contributed by atoms with van der Waals surface area (Å²) in [5, 5.41) is 0. The Kier molecular flexibility index (Phi) is 5.23. The Bertz CT molecular complexity index is 578. The summed E-state index contributed by atoms with van der Waals surface area (Å²) in [6.45, 7) is 2.42. The minimum Gasteiger partial charge on any atom is -0.488 e. The molecule has 1 aromatic heterocycles. The zero-order chi connectivity index (χ0) is 16.1. The summed E-state index contributed by atoms with van der Waals surface area (Å²) in [6.07, 6.45) is 5.53. The van der Waals surface area contributed by atoms with E-state index < -0.39 is 13.0 Å². The number of nitrogens with zero attached hydrogens (tertiary/aromatic N) is 3. The third-order valence-corrected chi connectivity index (χ3v) is 4.21. The van der Waals surface area contributed by atoms with Gasteiger partial charge in [-0.1, -0.05) is 12.1 Å². The molecule has 0 aliphatic carbocycles. The average Bonchev–Trinajstić information content (AvgIpc) is 3.09. The quantitative estimate of drug-likeness (QED) is 0.817. The second-order valence-electron chi connectivity index (χ2n) is 5.86. The van der Waals surface area contributed by atoms with Crippen molar-refractivity contribution < 1.29 is 13.5 Å². The number of hydrogen-bond acceptors (Lipinski definition) is 3. The van der Waals surface area contributed by atoms with Crippen LogP contribution in [0.3, 0.4) is 0 Å². The van der Waals surface area contributed by atoms with Gasteiger partial charge in [0.25, 0.3) is 6.43 Å². The molecule has 0 spiro atoms. The highest BCUT2D eigenvalue weighted by molar-refractivity contribution is 5.27. The Morgan fingerprint density at radius 3 is 2.52 bits per heavy atom. The second kappa shape index (κ2) is 7.55. The minimum atomic E-state index is -2.44. The van der Waals surface area contributed by atoms with Crippen LogP contribution < -0.4 is 4.74 Å². The molecule has 1 fully saturated rings. The van der Waals surface area contributed by atoms with E-state index in [2.05, 4.69) is 14.5 Å². The predicted molar refractivity (Wildman–Crippen MR) is 83.7 cm³/mol. The van der Waals surface area contributed by atoms with Gasteiger partial charge in [-0.05, 0) is 30.5 Å². The number of likely N-dealkylation sites (tertiary alicyclic amines) is 1. The smallest absolute Gasteiger partial charge is 0.272 e. The Hall–Kier alpha value is -1.95. The zero-order valence-corrected chi connectivity index (χ0v) is 12.9. The molecule has 124 valence electrons. The molecular formula is C17H21F2N3O. The summed E-state index contributed by atoms with van der Waals surface area (Å²) in [4.78, 5) is 6.53. The van der Waals surface area contributed by atoms with Crippen LogP contribution in [0.4, 0.5) is 8.78 Å². The van der Waals surface area contributed by atoms with Gasteiger partial charge in [-0.25, -0.2) is 13.8 Å². The SMILES string of the molecule is FC(F)COc1ccc(CN2CCC(n3ccnc3)CC2)cc1. The van der Waals surface area contributed by atoms with Gasteiger partial charge in [0.2, 0.25) is 0 Å². The Balaban J connectivity index is 1.47. The first-order chi connectivity index (χ1) is 11.2. The van der Waals surface area contributed by atoms with Gasteiger partial charge in [0.15, 0.2) is 0 Å². The fraction of sp³-hybridized carbons (Fsp3) is 0.471. The van der Waals surface area contributed by atoms with Gasteiger partial charge in [-0.2, -0.15) is 0 Å². The molecule has 6 heteroatoms.